The lowest BCUT2D eigenvalue weighted by atomic mass is 10.1. The van der Waals surface area contributed by atoms with Gasteiger partial charge in [0, 0.05) is 12.6 Å². The molecule has 0 radical (unpaired) electrons. The number of hydrogen-bond acceptors (Lipinski definition) is 2. The lowest BCUT2D eigenvalue weighted by Crippen LogP contribution is -2.31. The molecule has 17 heavy (non-hydrogen) atoms. The van der Waals surface area contributed by atoms with Gasteiger partial charge < -0.3 is 10.1 Å². The molecule has 1 rings (SSSR count). The number of hydrogen-bond donors (Lipinski definition) is 1. The predicted octanol–water partition coefficient (Wildman–Crippen LogP) is 3.40. The molecule has 0 spiro atoms. The van der Waals surface area contributed by atoms with Gasteiger partial charge in [-0.25, -0.2) is 0 Å². The Kier molecular flexibility index (Phi) is 6.06. The normalized spacial score (nSPS) is 12.8. The van der Waals surface area contributed by atoms with Crippen molar-refractivity contribution in [3.8, 4) is 5.75 Å². The minimum Gasteiger partial charge on any atom is -0.492 e. The maximum Gasteiger partial charge on any atom is 0.119 e. The van der Waals surface area contributed by atoms with Gasteiger partial charge in [0.25, 0.3) is 0 Å². The van der Waals surface area contributed by atoms with Gasteiger partial charge in [-0.2, -0.15) is 0 Å². The summed E-state index contributed by atoms with van der Waals surface area (Å²) in [6, 6.07) is 8.74. The van der Waals surface area contributed by atoms with Crippen LogP contribution in [0.25, 0.3) is 0 Å². The molecule has 1 atom stereocenters. The van der Waals surface area contributed by atoms with Crippen molar-refractivity contribution in [3.05, 3.63) is 29.8 Å². The standard InChI is InChI=1S/C15H25NO/c1-12(2)10-14(4)16-8-9-17-15-7-5-6-13(3)11-15/h5-7,11-12,14,16H,8-10H2,1-4H3. The first-order valence-corrected chi connectivity index (χ1v) is 6.50. The first-order chi connectivity index (χ1) is 8.08. The van der Waals surface area contributed by atoms with Gasteiger partial charge in [-0.3, -0.25) is 0 Å². The van der Waals surface area contributed by atoms with Crippen molar-refractivity contribution in [2.45, 2.75) is 40.2 Å². The zero-order chi connectivity index (χ0) is 12.7. The fourth-order valence-corrected chi connectivity index (χ4v) is 1.97. The van der Waals surface area contributed by atoms with E-state index in [1.165, 1.54) is 12.0 Å². The van der Waals surface area contributed by atoms with E-state index < -0.39 is 0 Å². The van der Waals surface area contributed by atoms with E-state index in [1.54, 1.807) is 0 Å². The van der Waals surface area contributed by atoms with Crippen LogP contribution in [-0.4, -0.2) is 19.2 Å². The third-order valence-electron chi connectivity index (χ3n) is 2.68. The molecule has 0 amide bonds. The molecule has 0 heterocycles. The lowest BCUT2D eigenvalue weighted by molar-refractivity contribution is 0.301. The summed E-state index contributed by atoms with van der Waals surface area (Å²) in [5, 5.41) is 3.47. The van der Waals surface area contributed by atoms with Crippen molar-refractivity contribution in [2.75, 3.05) is 13.2 Å². The molecule has 0 bridgehead atoms. The van der Waals surface area contributed by atoms with Crippen LogP contribution in [0.15, 0.2) is 24.3 Å². The third kappa shape index (κ3) is 6.32. The Labute approximate surface area is 105 Å². The molecular formula is C15H25NO. The van der Waals surface area contributed by atoms with E-state index in [0.717, 1.165) is 24.8 Å². The summed E-state index contributed by atoms with van der Waals surface area (Å²) < 4.78 is 5.68. The van der Waals surface area contributed by atoms with E-state index in [1.807, 2.05) is 12.1 Å². The maximum atomic E-state index is 5.68. The smallest absolute Gasteiger partial charge is 0.119 e. The lowest BCUT2D eigenvalue weighted by Gasteiger charge is -2.16. The molecule has 0 aliphatic heterocycles. The van der Waals surface area contributed by atoms with Crippen molar-refractivity contribution >= 4 is 0 Å². The van der Waals surface area contributed by atoms with Crippen molar-refractivity contribution in [3.63, 3.8) is 0 Å². The quantitative estimate of drug-likeness (QED) is 0.731. The first-order valence-electron chi connectivity index (χ1n) is 6.50. The Bertz CT molecular complexity index is 322. The molecule has 2 nitrogen and oxygen atoms in total. The largest absolute Gasteiger partial charge is 0.492 e. The van der Waals surface area contributed by atoms with Gasteiger partial charge in [-0.15, -0.1) is 0 Å². The topological polar surface area (TPSA) is 21.3 Å². The molecule has 0 aromatic heterocycles. The van der Waals surface area contributed by atoms with Gasteiger partial charge in [-0.1, -0.05) is 26.0 Å². The average Bonchev–Trinajstić information content (AvgIpc) is 2.23. The van der Waals surface area contributed by atoms with Gasteiger partial charge in [0.2, 0.25) is 0 Å². The van der Waals surface area contributed by atoms with E-state index >= 15 is 0 Å². The highest BCUT2D eigenvalue weighted by atomic mass is 16.5. The van der Waals surface area contributed by atoms with Crippen LogP contribution >= 0.6 is 0 Å². The van der Waals surface area contributed by atoms with E-state index in [0.29, 0.717) is 6.04 Å². The van der Waals surface area contributed by atoms with Crippen LogP contribution in [0.4, 0.5) is 0 Å². The minimum absolute atomic E-state index is 0.566. The Morgan fingerprint density at radius 3 is 2.65 bits per heavy atom. The van der Waals surface area contributed by atoms with E-state index in [-0.39, 0.29) is 0 Å². The van der Waals surface area contributed by atoms with Crippen molar-refractivity contribution in [2.24, 2.45) is 5.92 Å². The monoisotopic (exact) mass is 235 g/mol. The summed E-state index contributed by atoms with van der Waals surface area (Å²) in [5.41, 5.74) is 1.24. The molecular weight excluding hydrogens is 210 g/mol. The van der Waals surface area contributed by atoms with Gasteiger partial charge in [0.05, 0.1) is 0 Å². The van der Waals surface area contributed by atoms with Crippen molar-refractivity contribution in [1.29, 1.82) is 0 Å². The van der Waals surface area contributed by atoms with Crippen LogP contribution < -0.4 is 10.1 Å². The number of rotatable bonds is 7. The van der Waals surface area contributed by atoms with E-state index in [4.69, 9.17) is 4.74 Å². The first kappa shape index (κ1) is 14.0. The van der Waals surface area contributed by atoms with Crippen LogP contribution in [0, 0.1) is 12.8 Å². The SMILES string of the molecule is Cc1cccc(OCCNC(C)CC(C)C)c1. The molecule has 0 aliphatic rings. The molecule has 0 saturated heterocycles. The molecule has 1 aromatic carbocycles. The second-order valence-corrected chi connectivity index (χ2v) is 5.15. The highest BCUT2D eigenvalue weighted by molar-refractivity contribution is 5.27. The highest BCUT2D eigenvalue weighted by Crippen LogP contribution is 2.11. The third-order valence-corrected chi connectivity index (χ3v) is 2.68. The second kappa shape index (κ2) is 7.33. The molecule has 1 unspecified atom stereocenters. The molecule has 0 aliphatic carbocycles. The molecule has 2 heteroatoms. The highest BCUT2D eigenvalue weighted by Gasteiger charge is 2.03. The molecule has 96 valence electrons. The van der Waals surface area contributed by atoms with Crippen LogP contribution in [0.3, 0.4) is 0 Å². The summed E-state index contributed by atoms with van der Waals surface area (Å²) in [7, 11) is 0. The summed E-state index contributed by atoms with van der Waals surface area (Å²) in [4.78, 5) is 0. The van der Waals surface area contributed by atoms with Gasteiger partial charge >= 0.3 is 0 Å². The van der Waals surface area contributed by atoms with Crippen molar-refractivity contribution in [1.82, 2.24) is 5.32 Å². The summed E-state index contributed by atoms with van der Waals surface area (Å²) in [6.45, 7) is 10.4. The average molecular weight is 235 g/mol. The van der Waals surface area contributed by atoms with Crippen LogP contribution in [-0.2, 0) is 0 Å². The van der Waals surface area contributed by atoms with Crippen molar-refractivity contribution < 1.29 is 4.74 Å². The Morgan fingerprint density at radius 1 is 1.24 bits per heavy atom. The Morgan fingerprint density at radius 2 is 2.00 bits per heavy atom. The minimum atomic E-state index is 0.566. The van der Waals surface area contributed by atoms with Gasteiger partial charge in [0.1, 0.15) is 12.4 Å². The second-order valence-electron chi connectivity index (χ2n) is 5.15. The fraction of sp³-hybridized carbons (Fsp3) is 0.600. The van der Waals surface area contributed by atoms with Crippen LogP contribution in [0.2, 0.25) is 0 Å². The zero-order valence-electron chi connectivity index (χ0n) is 11.5. The molecule has 0 fully saturated rings. The summed E-state index contributed by atoms with van der Waals surface area (Å²) >= 11 is 0. The number of benzene rings is 1. The van der Waals surface area contributed by atoms with Gasteiger partial charge in [-0.05, 0) is 43.9 Å². The molecule has 0 saturated carbocycles. The Balaban J connectivity index is 2.16. The summed E-state index contributed by atoms with van der Waals surface area (Å²) in [5.74, 6) is 1.71. The van der Waals surface area contributed by atoms with Gasteiger partial charge in [0.15, 0.2) is 0 Å². The van der Waals surface area contributed by atoms with E-state index in [2.05, 4.69) is 45.1 Å². The molecule has 1 N–H and O–H groups in total. The number of aryl methyl sites for hydroxylation is 1. The van der Waals surface area contributed by atoms with Crippen LogP contribution in [0.1, 0.15) is 32.8 Å². The molecule has 1 aromatic rings. The maximum absolute atomic E-state index is 5.68. The Hall–Kier alpha value is -1.02. The van der Waals surface area contributed by atoms with E-state index in [9.17, 15) is 0 Å². The zero-order valence-corrected chi connectivity index (χ0v) is 11.5. The number of ether oxygens (including phenoxy) is 1. The fourth-order valence-electron chi connectivity index (χ4n) is 1.97. The number of nitrogens with one attached hydrogen (secondary N) is 1. The summed E-state index contributed by atoms with van der Waals surface area (Å²) in [6.07, 6.45) is 1.21. The predicted molar refractivity (Wildman–Crippen MR) is 73.6 cm³/mol. The van der Waals surface area contributed by atoms with Crippen LogP contribution in [0.5, 0.6) is 5.75 Å².